The molecule has 0 aromatic carbocycles. The average molecular weight is 313 g/mol. The molecule has 0 N–H and O–H groups in total. The summed E-state index contributed by atoms with van der Waals surface area (Å²) in [5, 5.41) is 0. The Morgan fingerprint density at radius 1 is 0.684 bits per heavy atom. The summed E-state index contributed by atoms with van der Waals surface area (Å²) in [5.74, 6) is 0. The molecule has 0 radical (unpaired) electrons. The third kappa shape index (κ3) is 2.95. The Morgan fingerprint density at radius 2 is 0.947 bits per heavy atom. The lowest BCUT2D eigenvalue weighted by atomic mass is 10.2. The Labute approximate surface area is 119 Å². The van der Waals surface area contributed by atoms with Crippen LogP contribution in [0.5, 0.6) is 0 Å². The van der Waals surface area contributed by atoms with Crippen LogP contribution in [0.15, 0.2) is 0 Å². The molecule has 0 atom stereocenters. The van der Waals surface area contributed by atoms with E-state index in [-0.39, 0.29) is 0 Å². The Hall–Kier alpha value is 0.194. The van der Waals surface area contributed by atoms with Crippen LogP contribution in [0.3, 0.4) is 0 Å². The minimum Gasteiger partial charge on any atom is -0.377 e. The molecule has 0 aliphatic carbocycles. The van der Waals surface area contributed by atoms with Gasteiger partial charge in [-0.3, -0.25) is 0 Å². The van der Waals surface area contributed by atoms with E-state index in [9.17, 15) is 0 Å². The van der Waals surface area contributed by atoms with E-state index in [0.29, 0.717) is 0 Å². The molecule has 0 amide bonds. The third-order valence-electron chi connectivity index (χ3n) is 3.71. The minimum absolute atomic E-state index is 0.578. The minimum atomic E-state index is -3.00. The third-order valence-corrected chi connectivity index (χ3v) is 12.0. The lowest BCUT2D eigenvalue weighted by Crippen LogP contribution is -2.68. The van der Waals surface area contributed by atoms with Gasteiger partial charge in [-0.2, -0.15) is 0 Å². The first-order chi connectivity index (χ1) is 8.92. The van der Waals surface area contributed by atoms with Gasteiger partial charge in [0, 0.05) is 42.7 Å². The maximum Gasteiger partial charge on any atom is 0.510 e. The molecule has 0 saturated carbocycles. The van der Waals surface area contributed by atoms with Crippen LogP contribution in [-0.4, -0.2) is 60.3 Å². The largest absolute Gasteiger partial charge is 0.510 e. The predicted molar refractivity (Wildman–Crippen MR) is 76.8 cm³/mol. The van der Waals surface area contributed by atoms with Gasteiger partial charge in [0.2, 0.25) is 0 Å². The molecule has 0 bridgehead atoms. The number of rotatable bonds is 10. The average Bonchev–Trinajstić information content (AvgIpc) is 2.44. The molecule has 0 spiro atoms. The van der Waals surface area contributed by atoms with Gasteiger partial charge in [-0.05, 0) is 6.42 Å². The highest BCUT2D eigenvalue weighted by molar-refractivity contribution is 6.85. The molecule has 0 unspecified atom stereocenters. The van der Waals surface area contributed by atoms with Crippen LogP contribution in [0.25, 0.3) is 0 Å². The van der Waals surface area contributed by atoms with Crippen molar-refractivity contribution in [3.05, 3.63) is 0 Å². The first-order valence-corrected chi connectivity index (χ1v) is 9.68. The second kappa shape index (κ2) is 7.84. The maximum atomic E-state index is 5.65. The second-order valence-electron chi connectivity index (χ2n) is 4.42. The molecular weight excluding hydrogens is 284 g/mol. The summed E-state index contributed by atoms with van der Waals surface area (Å²) in [5.41, 5.74) is 0. The topological polar surface area (TPSA) is 55.4 Å². The van der Waals surface area contributed by atoms with E-state index in [2.05, 4.69) is 6.92 Å². The lowest BCUT2D eigenvalue weighted by Gasteiger charge is -2.47. The molecule has 0 fully saturated rings. The molecule has 6 nitrogen and oxygen atoms in total. The van der Waals surface area contributed by atoms with Crippen molar-refractivity contribution >= 4 is 17.6 Å². The Balaban J connectivity index is 5.93. The zero-order valence-corrected chi connectivity index (χ0v) is 15.4. The van der Waals surface area contributed by atoms with Crippen molar-refractivity contribution in [3.8, 4) is 0 Å². The van der Waals surface area contributed by atoms with Crippen molar-refractivity contribution in [1.29, 1.82) is 0 Å². The monoisotopic (exact) mass is 312 g/mol. The van der Waals surface area contributed by atoms with Crippen LogP contribution < -0.4 is 0 Å². The quantitative estimate of drug-likeness (QED) is 0.574. The van der Waals surface area contributed by atoms with Gasteiger partial charge in [0.15, 0.2) is 0 Å². The zero-order chi connectivity index (χ0) is 15.2. The molecule has 8 heteroatoms. The summed E-state index contributed by atoms with van der Waals surface area (Å²) in [7, 11) is 3.54. The highest BCUT2D eigenvalue weighted by Gasteiger charge is 2.72. The fourth-order valence-electron chi connectivity index (χ4n) is 2.85. The smallest absolute Gasteiger partial charge is 0.377 e. The van der Waals surface area contributed by atoms with Crippen molar-refractivity contribution in [2.75, 3.05) is 42.7 Å². The molecule has 19 heavy (non-hydrogen) atoms. The predicted octanol–water partition coefficient (Wildman–Crippen LogP) is 1.84. The van der Waals surface area contributed by atoms with Gasteiger partial charge in [-0.1, -0.05) is 20.3 Å². The summed E-state index contributed by atoms with van der Waals surface area (Å²) in [6.45, 7) is 4.08. The number of hydrogen-bond acceptors (Lipinski definition) is 6. The Kier molecular flexibility index (Phi) is 7.92. The van der Waals surface area contributed by atoms with Crippen molar-refractivity contribution in [1.82, 2.24) is 0 Å². The van der Waals surface area contributed by atoms with E-state index in [1.807, 2.05) is 6.92 Å². The van der Waals surface area contributed by atoms with E-state index >= 15 is 0 Å². The van der Waals surface area contributed by atoms with E-state index in [1.54, 1.807) is 42.7 Å². The van der Waals surface area contributed by atoms with Crippen LogP contribution in [0.2, 0.25) is 4.66 Å². The molecule has 0 aromatic rings. The second-order valence-corrected chi connectivity index (χ2v) is 11.8. The molecule has 0 aromatic heterocycles. The van der Waals surface area contributed by atoms with E-state index < -0.39 is 22.3 Å². The fourth-order valence-corrected chi connectivity index (χ4v) is 11.0. The van der Waals surface area contributed by atoms with Gasteiger partial charge in [0.05, 0.1) is 0 Å². The van der Waals surface area contributed by atoms with Crippen LogP contribution >= 0.6 is 0 Å². The molecular formula is C11H28O6Si2. The van der Waals surface area contributed by atoms with Gasteiger partial charge < -0.3 is 26.6 Å². The summed E-state index contributed by atoms with van der Waals surface area (Å²) in [6.07, 6.45) is 1.67. The summed E-state index contributed by atoms with van der Waals surface area (Å²) in [6, 6.07) is 0. The van der Waals surface area contributed by atoms with Crippen molar-refractivity contribution in [3.63, 3.8) is 0 Å². The van der Waals surface area contributed by atoms with Crippen LogP contribution in [0, 0.1) is 0 Å². The van der Waals surface area contributed by atoms with Gasteiger partial charge in [-0.25, -0.2) is 0 Å². The van der Waals surface area contributed by atoms with Crippen LogP contribution in [0.1, 0.15) is 26.7 Å². The standard InChI is InChI=1S/C11H28O6Si2/c1-9-10-11(2,18(12-3,13-4)14-5)19(15-6,16-7)17-8/h9-10H2,1-8H3. The van der Waals surface area contributed by atoms with Crippen molar-refractivity contribution in [2.45, 2.75) is 31.4 Å². The van der Waals surface area contributed by atoms with E-state index in [0.717, 1.165) is 12.8 Å². The van der Waals surface area contributed by atoms with Crippen molar-refractivity contribution < 1.29 is 26.6 Å². The zero-order valence-electron chi connectivity index (χ0n) is 13.4. The van der Waals surface area contributed by atoms with Gasteiger partial charge >= 0.3 is 17.6 Å². The number of hydrogen-bond donors (Lipinski definition) is 0. The van der Waals surface area contributed by atoms with Crippen LogP contribution in [-0.2, 0) is 26.6 Å². The van der Waals surface area contributed by atoms with Gasteiger partial charge in [0.25, 0.3) is 0 Å². The highest BCUT2D eigenvalue weighted by Crippen LogP contribution is 2.51. The van der Waals surface area contributed by atoms with Gasteiger partial charge in [-0.15, -0.1) is 0 Å². The normalized spacial score (nSPS) is 13.9. The molecule has 0 heterocycles. The first kappa shape index (κ1) is 19.2. The van der Waals surface area contributed by atoms with Crippen LogP contribution in [0.4, 0.5) is 0 Å². The van der Waals surface area contributed by atoms with Gasteiger partial charge in [0.1, 0.15) is 4.66 Å². The Morgan fingerprint density at radius 3 is 1.11 bits per heavy atom. The van der Waals surface area contributed by atoms with E-state index in [1.165, 1.54) is 0 Å². The lowest BCUT2D eigenvalue weighted by molar-refractivity contribution is 0.0551. The summed E-state index contributed by atoms with van der Waals surface area (Å²) < 4.78 is 33.3. The molecule has 0 aliphatic heterocycles. The Bertz CT molecular complexity index is 219. The van der Waals surface area contributed by atoms with Crippen molar-refractivity contribution in [2.24, 2.45) is 0 Å². The maximum absolute atomic E-state index is 5.65. The summed E-state index contributed by atoms with van der Waals surface area (Å²) in [4.78, 5) is 0. The molecule has 116 valence electrons. The SMILES string of the molecule is CCCC(C)([Si](OC)(OC)OC)[Si](OC)(OC)OC. The fraction of sp³-hybridized carbons (Fsp3) is 1.00. The summed E-state index contributed by atoms with van der Waals surface area (Å²) >= 11 is 0. The van der Waals surface area contributed by atoms with E-state index in [4.69, 9.17) is 26.6 Å². The molecule has 0 aliphatic rings. The molecule has 0 rings (SSSR count). The molecule has 0 saturated heterocycles. The first-order valence-electron chi connectivity index (χ1n) is 6.23. The highest BCUT2D eigenvalue weighted by atomic mass is 28.5.